The molecule has 0 unspecified atom stereocenters. The van der Waals surface area contributed by atoms with Gasteiger partial charge in [0.15, 0.2) is 6.61 Å². The second kappa shape index (κ2) is 7.12. The predicted molar refractivity (Wildman–Crippen MR) is 87.1 cm³/mol. The summed E-state index contributed by atoms with van der Waals surface area (Å²) in [6.45, 7) is 0.191. The normalized spacial score (nSPS) is 13.0. The van der Waals surface area contributed by atoms with E-state index in [4.69, 9.17) is 4.74 Å². The zero-order chi connectivity index (χ0) is 16.9. The van der Waals surface area contributed by atoms with E-state index in [9.17, 15) is 14.0 Å². The minimum atomic E-state index is -0.408. The molecule has 0 bridgehead atoms. The summed E-state index contributed by atoms with van der Waals surface area (Å²) in [4.78, 5) is 23.1. The Bertz CT molecular complexity index is 777. The van der Waals surface area contributed by atoms with Crippen LogP contribution in [-0.4, -0.2) is 18.4 Å². The Labute approximate surface area is 138 Å². The van der Waals surface area contributed by atoms with E-state index in [1.807, 2.05) is 18.2 Å². The fourth-order valence-electron chi connectivity index (χ4n) is 2.50. The van der Waals surface area contributed by atoms with Gasteiger partial charge in [-0.3, -0.25) is 9.59 Å². The van der Waals surface area contributed by atoms with Crippen LogP contribution in [0.15, 0.2) is 42.5 Å². The van der Waals surface area contributed by atoms with Gasteiger partial charge in [-0.1, -0.05) is 18.2 Å². The molecular formula is C18H17FN2O3. The smallest absolute Gasteiger partial charge is 0.258 e. The first-order valence-corrected chi connectivity index (χ1v) is 7.67. The Morgan fingerprint density at radius 3 is 2.92 bits per heavy atom. The van der Waals surface area contributed by atoms with Crippen molar-refractivity contribution in [3.05, 3.63) is 59.4 Å². The van der Waals surface area contributed by atoms with Crippen molar-refractivity contribution in [3.63, 3.8) is 0 Å². The summed E-state index contributed by atoms with van der Waals surface area (Å²) in [5, 5.41) is 5.57. The van der Waals surface area contributed by atoms with Gasteiger partial charge in [-0.2, -0.15) is 0 Å². The van der Waals surface area contributed by atoms with E-state index in [0.29, 0.717) is 25.1 Å². The molecule has 0 radical (unpaired) electrons. The molecule has 0 saturated heterocycles. The lowest BCUT2D eigenvalue weighted by Gasteiger charge is -2.17. The van der Waals surface area contributed by atoms with E-state index >= 15 is 0 Å². The third kappa shape index (κ3) is 4.10. The first-order valence-electron chi connectivity index (χ1n) is 7.67. The van der Waals surface area contributed by atoms with Gasteiger partial charge in [0, 0.05) is 24.7 Å². The molecule has 5 nitrogen and oxygen atoms in total. The number of fused-ring (bicyclic) bond motifs is 1. The molecule has 0 spiro atoms. The lowest BCUT2D eigenvalue weighted by atomic mass is 10.0. The lowest BCUT2D eigenvalue weighted by molar-refractivity contribution is -0.123. The summed E-state index contributed by atoms with van der Waals surface area (Å²) in [7, 11) is 0. The molecule has 2 aromatic carbocycles. The molecule has 1 aliphatic rings. The van der Waals surface area contributed by atoms with Crippen LogP contribution in [-0.2, 0) is 22.6 Å². The maximum Gasteiger partial charge on any atom is 0.258 e. The van der Waals surface area contributed by atoms with Crippen LogP contribution in [0.1, 0.15) is 17.5 Å². The van der Waals surface area contributed by atoms with Gasteiger partial charge in [-0.25, -0.2) is 4.39 Å². The first kappa shape index (κ1) is 16.0. The molecule has 24 heavy (non-hydrogen) atoms. The molecule has 0 saturated carbocycles. The maximum atomic E-state index is 13.0. The van der Waals surface area contributed by atoms with Gasteiger partial charge in [0.05, 0.1) is 0 Å². The first-order chi connectivity index (χ1) is 11.6. The molecule has 0 aliphatic carbocycles. The highest BCUT2D eigenvalue weighted by molar-refractivity contribution is 5.93. The van der Waals surface area contributed by atoms with Crippen molar-refractivity contribution < 1.29 is 18.7 Å². The number of hydrogen-bond donors (Lipinski definition) is 2. The second-order valence-corrected chi connectivity index (χ2v) is 5.56. The van der Waals surface area contributed by atoms with E-state index in [-0.39, 0.29) is 18.4 Å². The number of carbonyl (C=O) groups excluding carboxylic acids is 2. The van der Waals surface area contributed by atoms with Gasteiger partial charge in [0.1, 0.15) is 11.6 Å². The van der Waals surface area contributed by atoms with Crippen molar-refractivity contribution in [2.45, 2.75) is 19.4 Å². The molecule has 0 fully saturated rings. The van der Waals surface area contributed by atoms with Crippen molar-refractivity contribution in [2.75, 3.05) is 11.9 Å². The van der Waals surface area contributed by atoms with Gasteiger partial charge in [-0.15, -0.1) is 0 Å². The number of aryl methyl sites for hydroxylation is 1. The summed E-state index contributed by atoms with van der Waals surface area (Å²) in [5.74, 6) is -0.355. The molecule has 2 amide bonds. The summed E-state index contributed by atoms with van der Waals surface area (Å²) in [6, 6.07) is 11.3. The van der Waals surface area contributed by atoms with Crippen molar-refractivity contribution in [3.8, 4) is 5.75 Å². The van der Waals surface area contributed by atoms with Crippen LogP contribution in [0.2, 0.25) is 0 Å². The quantitative estimate of drug-likeness (QED) is 0.886. The number of rotatable bonds is 5. The van der Waals surface area contributed by atoms with Crippen LogP contribution in [0.3, 0.4) is 0 Å². The van der Waals surface area contributed by atoms with E-state index in [2.05, 4.69) is 10.6 Å². The Morgan fingerprint density at radius 1 is 1.21 bits per heavy atom. The van der Waals surface area contributed by atoms with Crippen LogP contribution in [0.4, 0.5) is 10.1 Å². The fraction of sp³-hybridized carbons (Fsp3) is 0.222. The topological polar surface area (TPSA) is 67.4 Å². The van der Waals surface area contributed by atoms with Crippen molar-refractivity contribution in [1.29, 1.82) is 0 Å². The number of benzene rings is 2. The van der Waals surface area contributed by atoms with Crippen LogP contribution in [0, 0.1) is 5.82 Å². The number of halogens is 1. The third-order valence-corrected chi connectivity index (χ3v) is 3.72. The monoisotopic (exact) mass is 328 g/mol. The summed E-state index contributed by atoms with van der Waals surface area (Å²) in [5.41, 5.74) is 2.84. The lowest BCUT2D eigenvalue weighted by Crippen LogP contribution is -2.28. The van der Waals surface area contributed by atoms with Crippen LogP contribution >= 0.6 is 0 Å². The Hall–Kier alpha value is -2.89. The number of ether oxygens (including phenoxy) is 1. The highest BCUT2D eigenvalue weighted by Crippen LogP contribution is 2.23. The second-order valence-electron chi connectivity index (χ2n) is 5.56. The molecule has 0 atom stereocenters. The summed E-state index contributed by atoms with van der Waals surface area (Å²) in [6.07, 6.45) is 1.18. The molecule has 124 valence electrons. The third-order valence-electron chi connectivity index (χ3n) is 3.72. The van der Waals surface area contributed by atoms with Gasteiger partial charge >= 0.3 is 0 Å². The van der Waals surface area contributed by atoms with Gasteiger partial charge in [-0.05, 0) is 35.7 Å². The minimum absolute atomic E-state index is 0.0260. The van der Waals surface area contributed by atoms with Gasteiger partial charge in [0.25, 0.3) is 5.91 Å². The molecule has 1 heterocycles. The standard InChI is InChI=1S/C18H17FN2O3/c19-14-2-1-3-15(9-14)24-11-18(23)20-10-12-4-6-16-13(8-12)5-7-17(22)21-16/h1-4,6,8-9H,5,7,10-11H2,(H,20,23)(H,21,22). The van der Waals surface area contributed by atoms with Crippen molar-refractivity contribution in [2.24, 2.45) is 0 Å². The zero-order valence-electron chi connectivity index (χ0n) is 13.0. The van der Waals surface area contributed by atoms with E-state index in [1.54, 1.807) is 6.07 Å². The number of hydrogen-bond acceptors (Lipinski definition) is 3. The summed E-state index contributed by atoms with van der Waals surface area (Å²) < 4.78 is 18.3. The molecule has 2 aromatic rings. The summed E-state index contributed by atoms with van der Waals surface area (Å²) >= 11 is 0. The number of amides is 2. The van der Waals surface area contributed by atoms with E-state index in [1.165, 1.54) is 18.2 Å². The average molecular weight is 328 g/mol. The highest BCUT2D eigenvalue weighted by atomic mass is 19.1. The molecule has 1 aliphatic heterocycles. The highest BCUT2D eigenvalue weighted by Gasteiger charge is 2.14. The van der Waals surface area contributed by atoms with Crippen molar-refractivity contribution in [1.82, 2.24) is 5.32 Å². The molecular weight excluding hydrogens is 311 g/mol. The average Bonchev–Trinajstić information content (AvgIpc) is 2.58. The SMILES string of the molecule is O=C(COc1cccc(F)c1)NCc1ccc2c(c1)CCC(=O)N2. The van der Waals surface area contributed by atoms with Crippen LogP contribution in [0.25, 0.3) is 0 Å². The fourth-order valence-corrected chi connectivity index (χ4v) is 2.50. The van der Waals surface area contributed by atoms with E-state index < -0.39 is 5.82 Å². The molecule has 3 rings (SSSR count). The van der Waals surface area contributed by atoms with E-state index in [0.717, 1.165) is 16.8 Å². The number of nitrogens with one attached hydrogen (secondary N) is 2. The Morgan fingerprint density at radius 2 is 2.08 bits per heavy atom. The maximum absolute atomic E-state index is 13.0. The Kier molecular flexibility index (Phi) is 4.74. The number of anilines is 1. The molecule has 0 aromatic heterocycles. The predicted octanol–water partition coefficient (Wildman–Crippen LogP) is 2.41. The molecule has 6 heteroatoms. The van der Waals surface area contributed by atoms with Gasteiger partial charge in [0.2, 0.25) is 5.91 Å². The largest absolute Gasteiger partial charge is 0.484 e. The van der Waals surface area contributed by atoms with Crippen LogP contribution < -0.4 is 15.4 Å². The number of carbonyl (C=O) groups is 2. The van der Waals surface area contributed by atoms with Crippen molar-refractivity contribution >= 4 is 17.5 Å². The van der Waals surface area contributed by atoms with Gasteiger partial charge < -0.3 is 15.4 Å². The molecule has 2 N–H and O–H groups in total. The Balaban J connectivity index is 1.50. The minimum Gasteiger partial charge on any atom is -0.484 e. The van der Waals surface area contributed by atoms with Crippen LogP contribution in [0.5, 0.6) is 5.75 Å². The zero-order valence-corrected chi connectivity index (χ0v) is 13.0.